The lowest BCUT2D eigenvalue weighted by Crippen LogP contribution is -2.53. The van der Waals surface area contributed by atoms with Crippen LogP contribution in [0.1, 0.15) is 30.4 Å². The summed E-state index contributed by atoms with van der Waals surface area (Å²) in [6, 6.07) is 31.1. The van der Waals surface area contributed by atoms with Gasteiger partial charge in [-0.2, -0.15) is 0 Å². The predicted molar refractivity (Wildman–Crippen MR) is 129 cm³/mol. The summed E-state index contributed by atoms with van der Waals surface area (Å²) in [5.74, 6) is 1.16. The number of rotatable bonds is 5. The molecule has 5 rings (SSSR count). The number of piperazine rings is 1. The van der Waals surface area contributed by atoms with Gasteiger partial charge in [-0.3, -0.25) is 4.79 Å². The molecule has 0 radical (unpaired) electrons. The van der Waals surface area contributed by atoms with Crippen molar-refractivity contribution in [3.05, 3.63) is 102 Å². The van der Waals surface area contributed by atoms with Crippen LogP contribution in [-0.4, -0.2) is 36.5 Å². The third kappa shape index (κ3) is 4.13. The molecule has 1 atom stereocenters. The number of benzene rings is 3. The maximum Gasteiger partial charge on any atom is 0.223 e. The summed E-state index contributed by atoms with van der Waals surface area (Å²) in [5, 5.41) is 1.11. The normalized spacial score (nSPS) is 16.6. The van der Waals surface area contributed by atoms with Crippen molar-refractivity contribution in [1.29, 1.82) is 0 Å². The number of carbonyl (C=O) groups is 1. The topological polar surface area (TPSA) is 36.7 Å². The Bertz CT molecular complexity index is 1110. The molecule has 4 nitrogen and oxygen atoms in total. The van der Waals surface area contributed by atoms with E-state index in [1.165, 1.54) is 11.1 Å². The first kappa shape index (κ1) is 20.4. The molecule has 1 unspecified atom stereocenters. The van der Waals surface area contributed by atoms with Gasteiger partial charge in [0.05, 0.1) is 0 Å². The van der Waals surface area contributed by atoms with Crippen LogP contribution in [0.2, 0.25) is 0 Å². The molecule has 0 saturated carbocycles. The molecular formula is C28H28N2O2. The van der Waals surface area contributed by atoms with E-state index in [-0.39, 0.29) is 17.9 Å². The Morgan fingerprint density at radius 2 is 1.53 bits per heavy atom. The van der Waals surface area contributed by atoms with Crippen LogP contribution in [0.15, 0.2) is 95.4 Å². The number of carbonyl (C=O) groups excluding carboxylic acids is 1. The van der Waals surface area contributed by atoms with Crippen LogP contribution < -0.4 is 4.90 Å². The minimum absolute atomic E-state index is 0.0635. The Kier molecular flexibility index (Phi) is 5.68. The average Bonchev–Trinajstić information content (AvgIpc) is 3.27. The molecule has 0 bridgehead atoms. The zero-order valence-corrected chi connectivity index (χ0v) is 18.4. The van der Waals surface area contributed by atoms with E-state index in [0.717, 1.165) is 23.4 Å². The number of anilines is 1. The second kappa shape index (κ2) is 8.91. The summed E-state index contributed by atoms with van der Waals surface area (Å²) in [7, 11) is 0. The zero-order valence-electron chi connectivity index (χ0n) is 18.4. The molecule has 3 aromatic carbocycles. The van der Waals surface area contributed by atoms with Crippen molar-refractivity contribution in [3.63, 3.8) is 0 Å². The van der Waals surface area contributed by atoms with E-state index in [9.17, 15) is 4.79 Å². The monoisotopic (exact) mass is 424 g/mol. The van der Waals surface area contributed by atoms with Crippen LogP contribution >= 0.6 is 0 Å². The van der Waals surface area contributed by atoms with Crippen molar-refractivity contribution >= 4 is 22.8 Å². The highest BCUT2D eigenvalue weighted by atomic mass is 16.4. The molecule has 1 aromatic heterocycles. The number of furan rings is 1. The quantitative estimate of drug-likeness (QED) is 0.413. The predicted octanol–water partition coefficient (Wildman–Crippen LogP) is 5.69. The largest absolute Gasteiger partial charge is 0.441 e. The maximum absolute atomic E-state index is 13.4. The van der Waals surface area contributed by atoms with Crippen LogP contribution in [0.4, 0.5) is 5.88 Å². The molecule has 1 amide bonds. The van der Waals surface area contributed by atoms with Gasteiger partial charge < -0.3 is 14.2 Å². The minimum atomic E-state index is 0.0635. The molecule has 0 spiro atoms. The number of para-hydroxylation sites is 1. The van der Waals surface area contributed by atoms with Crippen LogP contribution in [0.3, 0.4) is 0 Å². The van der Waals surface area contributed by atoms with E-state index in [1.54, 1.807) is 0 Å². The first-order chi connectivity index (χ1) is 15.7. The first-order valence-corrected chi connectivity index (χ1v) is 11.3. The third-order valence-electron chi connectivity index (χ3n) is 6.46. The molecule has 1 saturated heterocycles. The maximum atomic E-state index is 13.4. The molecule has 1 aliphatic rings. The number of nitrogens with zero attached hydrogens (tertiary/aromatic N) is 2. The van der Waals surface area contributed by atoms with Crippen molar-refractivity contribution in [2.75, 3.05) is 24.5 Å². The lowest BCUT2D eigenvalue weighted by atomic mass is 9.88. The minimum Gasteiger partial charge on any atom is -0.441 e. The van der Waals surface area contributed by atoms with Gasteiger partial charge in [0.25, 0.3) is 0 Å². The Balaban J connectivity index is 1.30. The van der Waals surface area contributed by atoms with Gasteiger partial charge in [0.2, 0.25) is 5.91 Å². The Labute approximate surface area is 189 Å². The van der Waals surface area contributed by atoms with Crippen molar-refractivity contribution in [2.45, 2.75) is 25.3 Å². The zero-order chi connectivity index (χ0) is 21.9. The van der Waals surface area contributed by atoms with E-state index < -0.39 is 0 Å². The lowest BCUT2D eigenvalue weighted by Gasteiger charge is -2.40. The highest BCUT2D eigenvalue weighted by Gasteiger charge is 2.30. The van der Waals surface area contributed by atoms with Gasteiger partial charge in [0.15, 0.2) is 5.88 Å². The highest BCUT2D eigenvalue weighted by molar-refractivity contribution is 5.81. The fourth-order valence-electron chi connectivity index (χ4n) is 4.72. The van der Waals surface area contributed by atoms with Crippen LogP contribution in [0.25, 0.3) is 11.0 Å². The molecule has 1 aliphatic heterocycles. The number of fused-ring (bicyclic) bond motifs is 1. The van der Waals surface area contributed by atoms with Crippen LogP contribution in [0.5, 0.6) is 0 Å². The van der Waals surface area contributed by atoms with Crippen molar-refractivity contribution in [1.82, 2.24) is 4.90 Å². The second-order valence-electron chi connectivity index (χ2n) is 8.58. The highest BCUT2D eigenvalue weighted by Crippen LogP contribution is 2.31. The van der Waals surface area contributed by atoms with Gasteiger partial charge in [0, 0.05) is 49.5 Å². The molecule has 0 N–H and O–H groups in total. The summed E-state index contributed by atoms with van der Waals surface area (Å²) >= 11 is 0. The molecule has 4 heteroatoms. The summed E-state index contributed by atoms with van der Waals surface area (Å²) in [6.07, 6.45) is 0.478. The molecule has 32 heavy (non-hydrogen) atoms. The smallest absolute Gasteiger partial charge is 0.223 e. The van der Waals surface area contributed by atoms with Crippen molar-refractivity contribution < 1.29 is 9.21 Å². The summed E-state index contributed by atoms with van der Waals surface area (Å²) in [4.78, 5) is 17.7. The fourth-order valence-corrected chi connectivity index (χ4v) is 4.72. The van der Waals surface area contributed by atoms with Crippen LogP contribution in [0, 0.1) is 0 Å². The second-order valence-corrected chi connectivity index (χ2v) is 8.58. The van der Waals surface area contributed by atoms with Crippen molar-refractivity contribution in [2.24, 2.45) is 0 Å². The van der Waals surface area contributed by atoms with Gasteiger partial charge in [-0.25, -0.2) is 0 Å². The van der Waals surface area contributed by atoms with Gasteiger partial charge in [-0.15, -0.1) is 0 Å². The number of amides is 1. The van der Waals surface area contributed by atoms with E-state index in [0.29, 0.717) is 19.5 Å². The number of hydrogen-bond donors (Lipinski definition) is 0. The Morgan fingerprint density at radius 1 is 0.906 bits per heavy atom. The summed E-state index contributed by atoms with van der Waals surface area (Å²) in [6.45, 7) is 4.34. The van der Waals surface area contributed by atoms with E-state index in [4.69, 9.17) is 4.42 Å². The molecule has 0 aliphatic carbocycles. The van der Waals surface area contributed by atoms with Crippen LogP contribution in [-0.2, 0) is 4.79 Å². The van der Waals surface area contributed by atoms with Crippen molar-refractivity contribution in [3.8, 4) is 0 Å². The summed E-state index contributed by atoms with van der Waals surface area (Å²) in [5.41, 5.74) is 3.27. The molecule has 4 aromatic rings. The fraction of sp³-hybridized carbons (Fsp3) is 0.250. The molecule has 162 valence electrons. The third-order valence-corrected chi connectivity index (χ3v) is 6.46. The molecule has 2 heterocycles. The summed E-state index contributed by atoms with van der Waals surface area (Å²) < 4.78 is 6.08. The average molecular weight is 425 g/mol. The van der Waals surface area contributed by atoms with E-state index in [2.05, 4.69) is 48.2 Å². The first-order valence-electron chi connectivity index (χ1n) is 11.3. The van der Waals surface area contributed by atoms with E-state index >= 15 is 0 Å². The van der Waals surface area contributed by atoms with Gasteiger partial charge >= 0.3 is 0 Å². The standard InChI is InChI=1S/C28H28N2O2/c1-21-20-29(16-17-30(21)28-18-24-14-8-9-15-26(24)32-28)27(31)19-25(22-10-4-2-5-11-22)23-12-6-3-7-13-23/h2-15,18,21,25H,16-17,19-20H2,1H3. The Hall–Kier alpha value is -3.53. The SMILES string of the molecule is CC1CN(C(=O)CC(c2ccccc2)c2ccccc2)CCN1c1cc2ccccc2o1. The van der Waals surface area contributed by atoms with E-state index in [1.807, 2.05) is 59.5 Å². The molecule has 1 fully saturated rings. The van der Waals surface area contributed by atoms with Gasteiger partial charge in [-0.1, -0.05) is 78.9 Å². The number of hydrogen-bond acceptors (Lipinski definition) is 3. The van der Waals surface area contributed by atoms with Gasteiger partial charge in [0.1, 0.15) is 5.58 Å². The van der Waals surface area contributed by atoms with Gasteiger partial charge in [-0.05, 0) is 24.1 Å². The lowest BCUT2D eigenvalue weighted by molar-refractivity contribution is -0.132. The Morgan fingerprint density at radius 3 is 2.16 bits per heavy atom. The molecular weight excluding hydrogens is 396 g/mol.